The van der Waals surface area contributed by atoms with Gasteiger partial charge in [0.1, 0.15) is 11.5 Å². The molecule has 0 bridgehead atoms. The lowest BCUT2D eigenvalue weighted by Gasteiger charge is -2.25. The SMILES string of the molecule is CC(C)OC(=O)C(C)(C)Oc1ccc(C(=O)c2ccc(Cl)cc2)cc1.COc1cccc2c(C)cc(=O)[nH]c12. The first-order chi connectivity index (χ1) is 18.4. The lowest BCUT2D eigenvalue weighted by atomic mass is 10.0. The highest BCUT2D eigenvalue weighted by Gasteiger charge is 2.32. The van der Waals surface area contributed by atoms with E-state index in [-0.39, 0.29) is 17.4 Å². The third kappa shape index (κ3) is 7.71. The molecule has 3 aromatic carbocycles. The Morgan fingerprint density at radius 3 is 2.08 bits per heavy atom. The molecule has 0 unspecified atom stereocenters. The van der Waals surface area contributed by atoms with Gasteiger partial charge in [0.05, 0.1) is 18.7 Å². The molecule has 39 heavy (non-hydrogen) atoms. The van der Waals surface area contributed by atoms with Crippen LogP contribution in [0.3, 0.4) is 0 Å². The average Bonchev–Trinajstić information content (AvgIpc) is 2.88. The lowest BCUT2D eigenvalue weighted by Crippen LogP contribution is -2.40. The summed E-state index contributed by atoms with van der Waals surface area (Å²) in [5.41, 5.74) is 1.59. The van der Waals surface area contributed by atoms with Gasteiger partial charge in [0, 0.05) is 27.6 Å². The van der Waals surface area contributed by atoms with E-state index in [1.807, 2.05) is 25.1 Å². The molecule has 1 aromatic heterocycles. The summed E-state index contributed by atoms with van der Waals surface area (Å²) in [4.78, 5) is 38.5. The van der Waals surface area contributed by atoms with Gasteiger partial charge in [0.2, 0.25) is 5.56 Å². The third-order valence-electron chi connectivity index (χ3n) is 5.70. The van der Waals surface area contributed by atoms with E-state index in [0.29, 0.717) is 27.6 Å². The summed E-state index contributed by atoms with van der Waals surface area (Å²) in [5.74, 6) is 0.632. The fraction of sp³-hybridized carbons (Fsp3) is 0.258. The quantitative estimate of drug-likeness (QED) is 0.208. The number of para-hydroxylation sites is 1. The number of aryl methyl sites for hydroxylation is 1. The van der Waals surface area contributed by atoms with Gasteiger partial charge >= 0.3 is 5.97 Å². The van der Waals surface area contributed by atoms with E-state index in [1.54, 1.807) is 89.4 Å². The fourth-order valence-corrected chi connectivity index (χ4v) is 3.85. The van der Waals surface area contributed by atoms with Crippen LogP contribution in [0.5, 0.6) is 11.5 Å². The monoisotopic (exact) mass is 549 g/mol. The van der Waals surface area contributed by atoms with Crippen LogP contribution in [-0.4, -0.2) is 35.6 Å². The van der Waals surface area contributed by atoms with Gasteiger partial charge in [-0.1, -0.05) is 23.7 Å². The summed E-state index contributed by atoms with van der Waals surface area (Å²) in [6.07, 6.45) is -0.213. The minimum atomic E-state index is -1.12. The Kier molecular flexibility index (Phi) is 9.54. The predicted molar refractivity (Wildman–Crippen MR) is 153 cm³/mol. The molecule has 0 amide bonds. The van der Waals surface area contributed by atoms with E-state index >= 15 is 0 Å². The van der Waals surface area contributed by atoms with Gasteiger partial charge in [0.15, 0.2) is 11.4 Å². The summed E-state index contributed by atoms with van der Waals surface area (Å²) >= 11 is 5.84. The Morgan fingerprint density at radius 1 is 0.923 bits per heavy atom. The number of hydrogen-bond donors (Lipinski definition) is 1. The number of esters is 1. The molecule has 0 saturated carbocycles. The maximum atomic E-state index is 12.4. The standard InChI is InChI=1S/C20H21ClO4.C11H11NO2/c1-13(2)24-19(23)20(3,4)25-17-11-7-15(8-12-17)18(22)14-5-9-16(21)10-6-14;1-7-6-10(13)12-11-8(7)4-3-5-9(11)14-2/h5-13H,1-4H3;3-6H,1-2H3,(H,12,13). The van der Waals surface area contributed by atoms with Crippen LogP contribution in [0.4, 0.5) is 0 Å². The second-order valence-corrected chi connectivity index (χ2v) is 10.1. The second kappa shape index (κ2) is 12.6. The zero-order valence-electron chi connectivity index (χ0n) is 22.8. The number of fused-ring (bicyclic) bond motifs is 1. The number of hydrogen-bond acceptors (Lipinski definition) is 6. The van der Waals surface area contributed by atoms with Crippen molar-refractivity contribution < 1.29 is 23.8 Å². The van der Waals surface area contributed by atoms with Crippen LogP contribution >= 0.6 is 11.6 Å². The summed E-state index contributed by atoms with van der Waals surface area (Å²) in [7, 11) is 1.59. The molecule has 7 nitrogen and oxygen atoms in total. The number of pyridine rings is 1. The smallest absolute Gasteiger partial charge is 0.350 e. The number of aromatic amines is 1. The van der Waals surface area contributed by atoms with Crippen LogP contribution in [0.15, 0.2) is 77.6 Å². The Hall–Kier alpha value is -4.10. The van der Waals surface area contributed by atoms with Crippen molar-refractivity contribution in [2.75, 3.05) is 7.11 Å². The van der Waals surface area contributed by atoms with Crippen LogP contribution in [0, 0.1) is 6.92 Å². The molecule has 0 aliphatic heterocycles. The van der Waals surface area contributed by atoms with Crippen LogP contribution in [-0.2, 0) is 9.53 Å². The highest BCUT2D eigenvalue weighted by atomic mass is 35.5. The van der Waals surface area contributed by atoms with Gasteiger partial charge in [-0.15, -0.1) is 0 Å². The molecule has 204 valence electrons. The van der Waals surface area contributed by atoms with Gasteiger partial charge in [-0.25, -0.2) is 4.79 Å². The Morgan fingerprint density at radius 2 is 1.51 bits per heavy atom. The number of halogens is 1. The number of rotatable bonds is 7. The summed E-state index contributed by atoms with van der Waals surface area (Å²) in [5, 5.41) is 1.60. The minimum Gasteiger partial charge on any atom is -0.495 e. The van der Waals surface area contributed by atoms with E-state index < -0.39 is 11.6 Å². The first-order valence-corrected chi connectivity index (χ1v) is 12.8. The number of benzene rings is 3. The molecule has 0 aliphatic carbocycles. The molecular formula is C31H32ClNO6. The van der Waals surface area contributed by atoms with Gasteiger partial charge in [-0.05, 0) is 94.8 Å². The number of ketones is 1. The number of ether oxygens (including phenoxy) is 3. The van der Waals surface area contributed by atoms with E-state index in [0.717, 1.165) is 16.5 Å². The molecule has 4 rings (SSSR count). The van der Waals surface area contributed by atoms with Crippen molar-refractivity contribution in [2.24, 2.45) is 0 Å². The number of carbonyl (C=O) groups is 2. The lowest BCUT2D eigenvalue weighted by molar-refractivity contribution is -0.163. The Bertz CT molecular complexity index is 1510. The number of aromatic nitrogens is 1. The number of nitrogens with one attached hydrogen (secondary N) is 1. The van der Waals surface area contributed by atoms with E-state index in [4.69, 9.17) is 25.8 Å². The van der Waals surface area contributed by atoms with Crippen molar-refractivity contribution in [3.05, 3.63) is 105 Å². The number of H-pyrrole nitrogens is 1. The molecule has 0 fully saturated rings. The van der Waals surface area contributed by atoms with Gasteiger partial charge in [0.25, 0.3) is 0 Å². The molecule has 0 spiro atoms. The normalized spacial score (nSPS) is 11.0. The van der Waals surface area contributed by atoms with Crippen LogP contribution < -0.4 is 15.0 Å². The topological polar surface area (TPSA) is 94.7 Å². The third-order valence-corrected chi connectivity index (χ3v) is 5.95. The van der Waals surface area contributed by atoms with Crippen molar-refractivity contribution in [3.8, 4) is 11.5 Å². The van der Waals surface area contributed by atoms with Crippen molar-refractivity contribution in [1.82, 2.24) is 4.98 Å². The highest BCUT2D eigenvalue weighted by Crippen LogP contribution is 2.24. The molecule has 0 saturated heterocycles. The number of methoxy groups -OCH3 is 1. The van der Waals surface area contributed by atoms with Gasteiger partial charge < -0.3 is 19.2 Å². The molecule has 0 atom stereocenters. The van der Waals surface area contributed by atoms with E-state index in [1.165, 1.54) is 0 Å². The Labute approximate surface area is 232 Å². The van der Waals surface area contributed by atoms with Crippen molar-refractivity contribution in [3.63, 3.8) is 0 Å². The van der Waals surface area contributed by atoms with Crippen molar-refractivity contribution in [2.45, 2.75) is 46.3 Å². The van der Waals surface area contributed by atoms with Crippen LogP contribution in [0.1, 0.15) is 49.2 Å². The van der Waals surface area contributed by atoms with Gasteiger partial charge in [-0.2, -0.15) is 0 Å². The Balaban J connectivity index is 0.000000252. The minimum absolute atomic E-state index is 0.0977. The summed E-state index contributed by atoms with van der Waals surface area (Å²) in [6, 6.07) is 20.6. The second-order valence-electron chi connectivity index (χ2n) is 9.63. The summed E-state index contributed by atoms with van der Waals surface area (Å²) in [6.45, 7) is 8.77. The first-order valence-electron chi connectivity index (χ1n) is 12.4. The largest absolute Gasteiger partial charge is 0.495 e. The summed E-state index contributed by atoms with van der Waals surface area (Å²) < 4.78 is 16.1. The van der Waals surface area contributed by atoms with Crippen LogP contribution in [0.2, 0.25) is 5.02 Å². The first kappa shape index (κ1) is 29.5. The van der Waals surface area contributed by atoms with Crippen LogP contribution in [0.25, 0.3) is 10.9 Å². The van der Waals surface area contributed by atoms with Crippen molar-refractivity contribution >= 4 is 34.3 Å². The molecule has 4 aromatic rings. The molecule has 0 radical (unpaired) electrons. The fourth-order valence-electron chi connectivity index (χ4n) is 3.73. The van der Waals surface area contributed by atoms with Crippen molar-refractivity contribution in [1.29, 1.82) is 0 Å². The average molecular weight is 550 g/mol. The molecule has 8 heteroatoms. The predicted octanol–water partition coefficient (Wildman–Crippen LogP) is 6.53. The highest BCUT2D eigenvalue weighted by molar-refractivity contribution is 6.30. The van der Waals surface area contributed by atoms with Gasteiger partial charge in [-0.3, -0.25) is 9.59 Å². The molecule has 1 heterocycles. The van der Waals surface area contributed by atoms with E-state index in [2.05, 4.69) is 4.98 Å². The maximum Gasteiger partial charge on any atom is 0.350 e. The molecular weight excluding hydrogens is 518 g/mol. The number of carbonyl (C=O) groups excluding carboxylic acids is 2. The maximum absolute atomic E-state index is 12.4. The van der Waals surface area contributed by atoms with E-state index in [9.17, 15) is 14.4 Å². The molecule has 1 N–H and O–H groups in total. The molecule has 0 aliphatic rings. The zero-order chi connectivity index (χ0) is 28.7. The zero-order valence-corrected chi connectivity index (χ0v) is 23.6.